The summed E-state index contributed by atoms with van der Waals surface area (Å²) in [6, 6.07) is 2.97. The molecule has 0 saturated heterocycles. The molecule has 0 spiro atoms. The molecular formula is C7H5N3O2. The molecule has 0 saturated carbocycles. The van der Waals surface area contributed by atoms with Crippen LogP contribution in [0.5, 0.6) is 0 Å². The van der Waals surface area contributed by atoms with Crippen molar-refractivity contribution in [3.05, 3.63) is 35.1 Å². The molecule has 0 unspecified atom stereocenters. The maximum Gasteiger partial charge on any atom is 0.264 e. The molecule has 60 valence electrons. The number of aromatic nitrogens is 3. The first-order valence-electron chi connectivity index (χ1n) is 3.30. The molecule has 0 aliphatic heterocycles. The molecule has 5 nitrogen and oxygen atoms in total. The Bertz CT molecular complexity index is 398. The number of H-pyrrole nitrogens is 1. The van der Waals surface area contributed by atoms with Gasteiger partial charge in [-0.05, 0) is 6.07 Å². The topological polar surface area (TPSA) is 71.8 Å². The highest BCUT2D eigenvalue weighted by molar-refractivity contribution is 5.50. The second-order valence-electron chi connectivity index (χ2n) is 2.18. The lowest BCUT2D eigenvalue weighted by molar-refractivity contribution is 0.558. The van der Waals surface area contributed by atoms with Crippen molar-refractivity contribution in [3.63, 3.8) is 0 Å². The third-order valence-corrected chi connectivity index (χ3v) is 1.37. The van der Waals surface area contributed by atoms with Crippen LogP contribution in [-0.2, 0) is 0 Å². The summed E-state index contributed by atoms with van der Waals surface area (Å²) in [5.74, 6) is 0. The van der Waals surface area contributed by atoms with E-state index < -0.39 is 0 Å². The SMILES string of the molecule is O=c1ccc(-c2cocn2)n[nH]1. The van der Waals surface area contributed by atoms with E-state index in [9.17, 15) is 4.79 Å². The second kappa shape index (κ2) is 2.61. The molecule has 5 heteroatoms. The Morgan fingerprint density at radius 2 is 2.25 bits per heavy atom. The number of nitrogens with one attached hydrogen (secondary N) is 1. The molecule has 0 amide bonds. The molecule has 0 fully saturated rings. The molecule has 0 aromatic carbocycles. The summed E-state index contributed by atoms with van der Waals surface area (Å²) in [6.45, 7) is 0. The first-order valence-corrected chi connectivity index (χ1v) is 3.30. The summed E-state index contributed by atoms with van der Waals surface area (Å²) in [5.41, 5.74) is 0.955. The molecule has 2 heterocycles. The highest BCUT2D eigenvalue weighted by Gasteiger charge is 2.00. The lowest BCUT2D eigenvalue weighted by Crippen LogP contribution is -2.05. The third kappa shape index (κ3) is 1.12. The Kier molecular flexibility index (Phi) is 1.48. The van der Waals surface area contributed by atoms with Crippen molar-refractivity contribution in [2.24, 2.45) is 0 Å². The zero-order valence-electron chi connectivity index (χ0n) is 6.02. The monoisotopic (exact) mass is 163 g/mol. The largest absolute Gasteiger partial charge is 0.451 e. The number of oxazole rings is 1. The molecule has 2 aromatic rings. The van der Waals surface area contributed by atoms with E-state index in [1.54, 1.807) is 6.07 Å². The van der Waals surface area contributed by atoms with Crippen LogP contribution in [0.1, 0.15) is 0 Å². The van der Waals surface area contributed by atoms with Crippen LogP contribution in [0.3, 0.4) is 0 Å². The van der Waals surface area contributed by atoms with E-state index in [1.165, 1.54) is 18.7 Å². The first-order chi connectivity index (χ1) is 5.86. The lowest BCUT2D eigenvalue weighted by Gasteiger charge is -1.89. The predicted molar refractivity (Wildman–Crippen MR) is 40.4 cm³/mol. The van der Waals surface area contributed by atoms with Gasteiger partial charge in [0.05, 0.1) is 0 Å². The van der Waals surface area contributed by atoms with E-state index in [-0.39, 0.29) is 5.56 Å². The fourth-order valence-corrected chi connectivity index (χ4v) is 0.826. The van der Waals surface area contributed by atoms with E-state index >= 15 is 0 Å². The number of aromatic amines is 1. The predicted octanol–water partition coefficient (Wildman–Crippen LogP) is 0.425. The van der Waals surface area contributed by atoms with Crippen molar-refractivity contribution in [2.45, 2.75) is 0 Å². The van der Waals surface area contributed by atoms with Gasteiger partial charge >= 0.3 is 0 Å². The van der Waals surface area contributed by atoms with Crippen LogP contribution in [-0.4, -0.2) is 15.2 Å². The Morgan fingerprint density at radius 1 is 1.33 bits per heavy atom. The average Bonchev–Trinajstić information content (AvgIpc) is 2.58. The fraction of sp³-hybridized carbons (Fsp3) is 0. The summed E-state index contributed by atoms with van der Waals surface area (Å²) in [6.07, 6.45) is 2.77. The fourth-order valence-electron chi connectivity index (χ4n) is 0.826. The number of hydrogen-bond donors (Lipinski definition) is 1. The Balaban J connectivity index is 2.49. The molecule has 2 rings (SSSR count). The molecule has 0 atom stereocenters. The summed E-state index contributed by atoms with van der Waals surface area (Å²) in [4.78, 5) is 14.5. The highest BCUT2D eigenvalue weighted by atomic mass is 16.3. The smallest absolute Gasteiger partial charge is 0.264 e. The normalized spacial score (nSPS) is 10.0. The third-order valence-electron chi connectivity index (χ3n) is 1.37. The Morgan fingerprint density at radius 3 is 2.83 bits per heavy atom. The summed E-state index contributed by atoms with van der Waals surface area (Å²) < 4.78 is 4.76. The van der Waals surface area contributed by atoms with E-state index in [0.29, 0.717) is 11.4 Å². The van der Waals surface area contributed by atoms with Crippen molar-refractivity contribution in [1.29, 1.82) is 0 Å². The van der Waals surface area contributed by atoms with Gasteiger partial charge in [0.1, 0.15) is 17.7 Å². The first kappa shape index (κ1) is 6.78. The van der Waals surface area contributed by atoms with E-state index in [0.717, 1.165) is 0 Å². The van der Waals surface area contributed by atoms with Gasteiger partial charge in [-0.2, -0.15) is 5.10 Å². The zero-order chi connectivity index (χ0) is 8.39. The highest BCUT2D eigenvalue weighted by Crippen LogP contribution is 2.10. The van der Waals surface area contributed by atoms with Gasteiger partial charge in [-0.3, -0.25) is 4.79 Å². The van der Waals surface area contributed by atoms with Crippen LogP contribution in [0.4, 0.5) is 0 Å². The molecule has 0 aliphatic carbocycles. The van der Waals surface area contributed by atoms with Gasteiger partial charge in [-0.1, -0.05) is 0 Å². The minimum atomic E-state index is -0.234. The minimum Gasteiger partial charge on any atom is -0.451 e. The van der Waals surface area contributed by atoms with Gasteiger partial charge in [0.15, 0.2) is 6.39 Å². The van der Waals surface area contributed by atoms with Gasteiger partial charge in [0, 0.05) is 6.07 Å². The van der Waals surface area contributed by atoms with E-state index in [4.69, 9.17) is 4.42 Å². The molecule has 1 N–H and O–H groups in total. The Labute approximate surface area is 67.1 Å². The van der Waals surface area contributed by atoms with Crippen LogP contribution in [0.2, 0.25) is 0 Å². The number of hydrogen-bond acceptors (Lipinski definition) is 4. The van der Waals surface area contributed by atoms with Crippen molar-refractivity contribution in [3.8, 4) is 11.4 Å². The van der Waals surface area contributed by atoms with E-state index in [2.05, 4.69) is 15.2 Å². The molecule has 0 aliphatic rings. The zero-order valence-corrected chi connectivity index (χ0v) is 6.02. The van der Waals surface area contributed by atoms with Gasteiger partial charge in [0.2, 0.25) is 0 Å². The van der Waals surface area contributed by atoms with Crippen LogP contribution in [0, 0.1) is 0 Å². The lowest BCUT2D eigenvalue weighted by atomic mass is 10.3. The molecule has 0 bridgehead atoms. The van der Waals surface area contributed by atoms with Crippen LogP contribution in [0.25, 0.3) is 11.4 Å². The van der Waals surface area contributed by atoms with Crippen molar-refractivity contribution < 1.29 is 4.42 Å². The average molecular weight is 163 g/mol. The number of rotatable bonds is 1. The van der Waals surface area contributed by atoms with Gasteiger partial charge in [0.25, 0.3) is 5.56 Å². The van der Waals surface area contributed by atoms with Crippen LogP contribution < -0.4 is 5.56 Å². The second-order valence-corrected chi connectivity index (χ2v) is 2.18. The maximum atomic E-state index is 10.6. The summed E-state index contributed by atoms with van der Waals surface area (Å²) >= 11 is 0. The van der Waals surface area contributed by atoms with Crippen LogP contribution in [0.15, 0.2) is 34.0 Å². The molecule has 12 heavy (non-hydrogen) atoms. The Hall–Kier alpha value is -1.91. The molecule has 0 radical (unpaired) electrons. The number of nitrogens with zero attached hydrogens (tertiary/aromatic N) is 2. The van der Waals surface area contributed by atoms with Crippen molar-refractivity contribution >= 4 is 0 Å². The van der Waals surface area contributed by atoms with Gasteiger partial charge in [-0.25, -0.2) is 10.1 Å². The standard InChI is InChI=1S/C7H5N3O2/c11-7-2-1-5(9-10-7)6-3-12-4-8-6/h1-4H,(H,10,11). The summed E-state index contributed by atoms with van der Waals surface area (Å²) in [5, 5.41) is 6.06. The molecular weight excluding hydrogens is 158 g/mol. The maximum absolute atomic E-state index is 10.6. The quantitative estimate of drug-likeness (QED) is 0.661. The van der Waals surface area contributed by atoms with Crippen molar-refractivity contribution in [1.82, 2.24) is 15.2 Å². The van der Waals surface area contributed by atoms with Crippen molar-refractivity contribution in [2.75, 3.05) is 0 Å². The molecule has 2 aromatic heterocycles. The van der Waals surface area contributed by atoms with E-state index in [1.807, 2.05) is 0 Å². The van der Waals surface area contributed by atoms with Crippen LogP contribution >= 0.6 is 0 Å². The summed E-state index contributed by atoms with van der Waals surface area (Å²) in [7, 11) is 0. The van der Waals surface area contributed by atoms with Gasteiger partial charge in [-0.15, -0.1) is 0 Å². The van der Waals surface area contributed by atoms with Gasteiger partial charge < -0.3 is 4.42 Å². The minimum absolute atomic E-state index is 0.234.